The van der Waals surface area contributed by atoms with E-state index < -0.39 is 11.6 Å². The van der Waals surface area contributed by atoms with E-state index in [9.17, 15) is 8.78 Å². The van der Waals surface area contributed by atoms with Crippen LogP contribution in [0.4, 0.5) is 8.78 Å². The number of halogens is 2. The lowest BCUT2D eigenvalue weighted by atomic mass is 10.1. The van der Waals surface area contributed by atoms with E-state index in [2.05, 4.69) is 10.3 Å². The van der Waals surface area contributed by atoms with Crippen LogP contribution in [0, 0.1) is 11.6 Å². The molecule has 0 saturated carbocycles. The van der Waals surface area contributed by atoms with Crippen molar-refractivity contribution in [3.05, 3.63) is 52.0 Å². The number of aromatic nitrogens is 1. The minimum atomic E-state index is -0.443. The van der Waals surface area contributed by atoms with Crippen molar-refractivity contribution in [2.24, 2.45) is 0 Å². The highest BCUT2D eigenvalue weighted by Crippen LogP contribution is 2.27. The molecule has 2 aromatic rings. The second-order valence-corrected chi connectivity index (χ2v) is 4.21. The van der Waals surface area contributed by atoms with Crippen molar-refractivity contribution in [3.63, 3.8) is 0 Å². The number of nitrogens with one attached hydrogen (secondary N) is 1. The standard InChI is InChI=1S/C11H10F2N2S/c1-14-11(10-5-15-6-16-10)8-4-7(12)2-3-9(8)13/h2-6,11,14H,1H3. The first-order valence-electron chi connectivity index (χ1n) is 4.73. The molecule has 1 heterocycles. The Morgan fingerprint density at radius 3 is 2.81 bits per heavy atom. The van der Waals surface area contributed by atoms with Gasteiger partial charge >= 0.3 is 0 Å². The van der Waals surface area contributed by atoms with Gasteiger partial charge in [0.2, 0.25) is 0 Å². The Morgan fingerprint density at radius 2 is 2.19 bits per heavy atom. The van der Waals surface area contributed by atoms with Gasteiger partial charge in [-0.2, -0.15) is 0 Å². The summed E-state index contributed by atoms with van der Waals surface area (Å²) in [7, 11) is 1.70. The lowest BCUT2D eigenvalue weighted by Gasteiger charge is -2.15. The zero-order chi connectivity index (χ0) is 11.5. The van der Waals surface area contributed by atoms with Crippen LogP contribution in [-0.2, 0) is 0 Å². The summed E-state index contributed by atoms with van der Waals surface area (Å²) < 4.78 is 26.7. The monoisotopic (exact) mass is 240 g/mol. The SMILES string of the molecule is CNC(c1cncs1)c1cc(F)ccc1F. The molecule has 84 valence electrons. The molecule has 0 fully saturated rings. The number of benzene rings is 1. The van der Waals surface area contributed by atoms with Crippen LogP contribution >= 0.6 is 11.3 Å². The van der Waals surface area contributed by atoms with Gasteiger partial charge in [-0.3, -0.25) is 4.98 Å². The van der Waals surface area contributed by atoms with Crippen LogP contribution in [0.15, 0.2) is 29.9 Å². The molecule has 1 unspecified atom stereocenters. The quantitative estimate of drug-likeness (QED) is 0.892. The van der Waals surface area contributed by atoms with Crippen LogP contribution in [0.3, 0.4) is 0 Å². The molecule has 0 spiro atoms. The van der Waals surface area contributed by atoms with Crippen molar-refractivity contribution < 1.29 is 8.78 Å². The maximum absolute atomic E-state index is 13.6. The third kappa shape index (κ3) is 2.10. The third-order valence-corrected chi connectivity index (χ3v) is 3.13. The fourth-order valence-corrected chi connectivity index (χ4v) is 2.30. The molecular weight excluding hydrogens is 230 g/mol. The first-order valence-corrected chi connectivity index (χ1v) is 5.61. The molecule has 1 aromatic carbocycles. The fourth-order valence-electron chi connectivity index (χ4n) is 1.56. The van der Waals surface area contributed by atoms with Gasteiger partial charge in [0.15, 0.2) is 0 Å². The van der Waals surface area contributed by atoms with Gasteiger partial charge in [0.05, 0.1) is 11.6 Å². The zero-order valence-electron chi connectivity index (χ0n) is 8.58. The highest BCUT2D eigenvalue weighted by molar-refractivity contribution is 7.09. The van der Waals surface area contributed by atoms with E-state index in [1.807, 2.05) is 0 Å². The number of rotatable bonds is 3. The fraction of sp³-hybridized carbons (Fsp3) is 0.182. The van der Waals surface area contributed by atoms with Gasteiger partial charge in [0.25, 0.3) is 0 Å². The molecule has 0 aliphatic carbocycles. The van der Waals surface area contributed by atoms with Crippen molar-refractivity contribution >= 4 is 11.3 Å². The van der Waals surface area contributed by atoms with Crippen LogP contribution in [0.25, 0.3) is 0 Å². The molecule has 1 aromatic heterocycles. The molecule has 1 atom stereocenters. The van der Waals surface area contributed by atoms with Crippen molar-refractivity contribution in [1.82, 2.24) is 10.3 Å². The lowest BCUT2D eigenvalue weighted by molar-refractivity contribution is 0.560. The van der Waals surface area contributed by atoms with E-state index in [1.54, 1.807) is 18.8 Å². The lowest BCUT2D eigenvalue weighted by Crippen LogP contribution is -2.18. The Bertz CT molecular complexity index is 471. The van der Waals surface area contributed by atoms with Gasteiger partial charge in [-0.05, 0) is 25.2 Å². The number of thiazole rings is 1. The van der Waals surface area contributed by atoms with E-state index in [-0.39, 0.29) is 6.04 Å². The first-order chi connectivity index (χ1) is 7.72. The van der Waals surface area contributed by atoms with E-state index in [4.69, 9.17) is 0 Å². The minimum Gasteiger partial charge on any atom is -0.309 e. The summed E-state index contributed by atoms with van der Waals surface area (Å²) in [5.74, 6) is -0.865. The molecule has 0 saturated heterocycles. The summed E-state index contributed by atoms with van der Waals surface area (Å²) in [6.45, 7) is 0. The molecule has 16 heavy (non-hydrogen) atoms. The topological polar surface area (TPSA) is 24.9 Å². The molecule has 1 N–H and O–H groups in total. The zero-order valence-corrected chi connectivity index (χ0v) is 9.39. The van der Waals surface area contributed by atoms with Crippen molar-refractivity contribution in [2.45, 2.75) is 6.04 Å². The largest absolute Gasteiger partial charge is 0.309 e. The maximum atomic E-state index is 13.6. The predicted octanol–water partition coefficient (Wildman–Crippen LogP) is 2.73. The van der Waals surface area contributed by atoms with E-state index in [0.29, 0.717) is 5.56 Å². The molecule has 2 nitrogen and oxygen atoms in total. The van der Waals surface area contributed by atoms with Crippen LogP contribution < -0.4 is 5.32 Å². The highest BCUT2D eigenvalue weighted by atomic mass is 32.1. The Kier molecular flexibility index (Phi) is 3.26. The Morgan fingerprint density at radius 1 is 1.38 bits per heavy atom. The van der Waals surface area contributed by atoms with Gasteiger partial charge in [0.1, 0.15) is 11.6 Å². The van der Waals surface area contributed by atoms with Gasteiger partial charge in [-0.25, -0.2) is 8.78 Å². The third-order valence-electron chi connectivity index (χ3n) is 2.29. The second-order valence-electron chi connectivity index (χ2n) is 3.29. The molecule has 0 radical (unpaired) electrons. The van der Waals surface area contributed by atoms with Gasteiger partial charge in [-0.1, -0.05) is 0 Å². The average molecular weight is 240 g/mol. The van der Waals surface area contributed by atoms with Crippen LogP contribution in [0.2, 0.25) is 0 Å². The first kappa shape index (κ1) is 11.2. The molecule has 0 amide bonds. The van der Waals surface area contributed by atoms with Gasteiger partial charge in [0, 0.05) is 16.6 Å². The van der Waals surface area contributed by atoms with Crippen LogP contribution in [0.5, 0.6) is 0 Å². The molecule has 2 rings (SSSR count). The molecule has 0 aliphatic heterocycles. The minimum absolute atomic E-state index is 0.298. The molecule has 0 aliphatic rings. The Hall–Kier alpha value is -1.33. The summed E-state index contributed by atoms with van der Waals surface area (Å²) in [5.41, 5.74) is 1.96. The number of nitrogens with zero attached hydrogens (tertiary/aromatic N) is 1. The van der Waals surface area contributed by atoms with Crippen LogP contribution in [0.1, 0.15) is 16.5 Å². The number of hydrogen-bond acceptors (Lipinski definition) is 3. The highest BCUT2D eigenvalue weighted by Gasteiger charge is 2.18. The van der Waals surface area contributed by atoms with E-state index >= 15 is 0 Å². The Balaban J connectivity index is 2.44. The smallest absolute Gasteiger partial charge is 0.128 e. The Labute approximate surface area is 96.0 Å². The maximum Gasteiger partial charge on any atom is 0.128 e. The summed E-state index contributed by atoms with van der Waals surface area (Å²) in [6, 6.07) is 3.09. The molecule has 5 heteroatoms. The summed E-state index contributed by atoms with van der Waals surface area (Å²) in [5, 5.41) is 2.95. The summed E-state index contributed by atoms with van der Waals surface area (Å²) in [6.07, 6.45) is 1.65. The van der Waals surface area contributed by atoms with Crippen molar-refractivity contribution in [2.75, 3.05) is 7.05 Å². The molecule has 0 bridgehead atoms. The predicted molar refractivity (Wildman–Crippen MR) is 59.4 cm³/mol. The molecular formula is C11H10F2N2S. The van der Waals surface area contributed by atoms with Gasteiger partial charge < -0.3 is 5.32 Å². The number of hydrogen-bond donors (Lipinski definition) is 1. The van der Waals surface area contributed by atoms with E-state index in [1.165, 1.54) is 17.4 Å². The van der Waals surface area contributed by atoms with Gasteiger partial charge in [-0.15, -0.1) is 11.3 Å². The second kappa shape index (κ2) is 4.67. The van der Waals surface area contributed by atoms with E-state index in [0.717, 1.165) is 17.0 Å². The van der Waals surface area contributed by atoms with Crippen LogP contribution in [-0.4, -0.2) is 12.0 Å². The average Bonchev–Trinajstić information content (AvgIpc) is 2.78. The summed E-state index contributed by atoms with van der Waals surface area (Å²) >= 11 is 1.40. The van der Waals surface area contributed by atoms with Crippen molar-refractivity contribution in [3.8, 4) is 0 Å². The summed E-state index contributed by atoms with van der Waals surface area (Å²) in [4.78, 5) is 4.78. The normalized spacial score (nSPS) is 12.7. The van der Waals surface area contributed by atoms with Crippen molar-refractivity contribution in [1.29, 1.82) is 0 Å².